The Bertz CT molecular complexity index is 1130. The van der Waals surface area contributed by atoms with Gasteiger partial charge in [0.15, 0.2) is 0 Å². The Morgan fingerprint density at radius 2 is 1.94 bits per heavy atom. The molecule has 0 radical (unpaired) electrons. The van der Waals surface area contributed by atoms with Crippen molar-refractivity contribution < 1.29 is 20.0 Å². The third-order valence-corrected chi connectivity index (χ3v) is 6.82. The van der Waals surface area contributed by atoms with Crippen LogP contribution in [0.5, 0.6) is 0 Å². The van der Waals surface area contributed by atoms with Crippen LogP contribution < -0.4 is 10.8 Å². The van der Waals surface area contributed by atoms with Crippen molar-refractivity contribution in [2.75, 3.05) is 13.1 Å². The van der Waals surface area contributed by atoms with E-state index in [1.165, 1.54) is 6.07 Å². The maximum absolute atomic E-state index is 13.3. The molecule has 162 valence electrons. The molecule has 2 aromatic rings. The largest absolute Gasteiger partial charge is 0.595 e. The van der Waals surface area contributed by atoms with Gasteiger partial charge in [-0.25, -0.2) is 5.21 Å². The third kappa shape index (κ3) is 3.16. The minimum Gasteiger partial charge on any atom is -0.595 e. The number of aromatic nitrogens is 1. The molecular weight excluding hydrogens is 400 g/mol. The number of carbonyl (C=O) groups is 2. The van der Waals surface area contributed by atoms with Gasteiger partial charge in [0.25, 0.3) is 5.91 Å². The van der Waals surface area contributed by atoms with Gasteiger partial charge < -0.3 is 19.6 Å². The van der Waals surface area contributed by atoms with Gasteiger partial charge in [-0.3, -0.25) is 14.4 Å². The average Bonchev–Trinajstić information content (AvgIpc) is 3.10. The highest BCUT2D eigenvalue weighted by Gasteiger charge is 2.41. The number of hydrogen-bond acceptors (Lipinski definition) is 5. The summed E-state index contributed by atoms with van der Waals surface area (Å²) in [5.74, 6) is -0.151. The Labute approximate surface area is 178 Å². The number of rotatable bonds is 3. The minimum absolute atomic E-state index is 0.0225. The van der Waals surface area contributed by atoms with E-state index in [1.54, 1.807) is 33.4 Å². The molecule has 0 spiro atoms. The number of likely N-dealkylation sites (tertiary alicyclic amines) is 1. The number of amides is 2. The van der Waals surface area contributed by atoms with Gasteiger partial charge in [0.2, 0.25) is 11.6 Å². The van der Waals surface area contributed by atoms with Crippen LogP contribution in [-0.2, 0) is 17.9 Å². The zero-order valence-corrected chi connectivity index (χ0v) is 17.2. The predicted octanol–water partition coefficient (Wildman–Crippen LogP) is 0.242. The van der Waals surface area contributed by atoms with Crippen LogP contribution in [0.1, 0.15) is 40.9 Å². The highest BCUT2D eigenvalue weighted by atomic mass is 16.8. The number of carbonyl (C=O) groups excluding carboxylic acids is 2. The Kier molecular flexibility index (Phi) is 4.69. The van der Waals surface area contributed by atoms with E-state index in [1.807, 2.05) is 18.2 Å². The quantitative estimate of drug-likeness (QED) is 0.686. The standard InChI is InChI=1S/C22H24N4O5/c1-13(24-12-15-4-2-3-5-17(15)21(24)28)20(27)23-9-14-8-16(11-23)18-6-7-19(26(30)31)22(29)25(18)10-14/h2-7,13-14,16,26,30H,8-12H2,1H3. The Morgan fingerprint density at radius 1 is 1.16 bits per heavy atom. The van der Waals surface area contributed by atoms with Crippen molar-refractivity contribution in [1.29, 1.82) is 0 Å². The molecule has 1 aromatic carbocycles. The molecule has 1 aromatic heterocycles. The van der Waals surface area contributed by atoms with Crippen LogP contribution in [0.25, 0.3) is 0 Å². The second-order valence-electron chi connectivity index (χ2n) is 8.70. The van der Waals surface area contributed by atoms with Crippen LogP contribution in [0.4, 0.5) is 5.69 Å². The number of fused-ring (bicyclic) bond motifs is 5. The van der Waals surface area contributed by atoms with Gasteiger partial charge in [0, 0.05) is 49.4 Å². The van der Waals surface area contributed by atoms with Crippen molar-refractivity contribution in [3.05, 3.63) is 68.8 Å². The molecule has 4 heterocycles. The van der Waals surface area contributed by atoms with E-state index < -0.39 is 16.8 Å². The van der Waals surface area contributed by atoms with E-state index in [-0.39, 0.29) is 29.3 Å². The summed E-state index contributed by atoms with van der Waals surface area (Å²) in [5.41, 5.74) is 1.66. The fourth-order valence-electron chi connectivity index (χ4n) is 5.28. The molecule has 9 heteroatoms. The molecule has 0 saturated carbocycles. The summed E-state index contributed by atoms with van der Waals surface area (Å²) in [5, 5.41) is 19.3. The third-order valence-electron chi connectivity index (χ3n) is 6.82. The smallest absolute Gasteiger partial charge is 0.315 e. The minimum atomic E-state index is -1.22. The predicted molar refractivity (Wildman–Crippen MR) is 110 cm³/mol. The van der Waals surface area contributed by atoms with Crippen molar-refractivity contribution in [2.45, 2.75) is 38.4 Å². The van der Waals surface area contributed by atoms with Crippen LogP contribution in [0.3, 0.4) is 0 Å². The first-order chi connectivity index (χ1) is 14.8. The summed E-state index contributed by atoms with van der Waals surface area (Å²) >= 11 is 0. The summed E-state index contributed by atoms with van der Waals surface area (Å²) in [7, 11) is 0. The molecule has 31 heavy (non-hydrogen) atoms. The van der Waals surface area contributed by atoms with E-state index >= 15 is 0 Å². The highest BCUT2D eigenvalue weighted by molar-refractivity contribution is 6.01. The number of quaternary nitrogens is 1. The lowest BCUT2D eigenvalue weighted by molar-refractivity contribution is -0.992. The number of nitrogens with zero attached hydrogens (tertiary/aromatic N) is 3. The molecule has 4 unspecified atom stereocenters. The summed E-state index contributed by atoms with van der Waals surface area (Å²) in [6.07, 6.45) is 0.859. The summed E-state index contributed by atoms with van der Waals surface area (Å²) < 4.78 is 1.56. The van der Waals surface area contributed by atoms with Gasteiger partial charge in [-0.1, -0.05) is 18.2 Å². The van der Waals surface area contributed by atoms with Crippen LogP contribution in [0.15, 0.2) is 41.2 Å². The fourth-order valence-corrected chi connectivity index (χ4v) is 5.28. The maximum atomic E-state index is 13.3. The second-order valence-corrected chi connectivity index (χ2v) is 8.70. The van der Waals surface area contributed by atoms with Gasteiger partial charge in [0.1, 0.15) is 6.04 Å². The van der Waals surface area contributed by atoms with Crippen molar-refractivity contribution in [3.8, 4) is 0 Å². The molecule has 2 bridgehead atoms. The van der Waals surface area contributed by atoms with E-state index in [2.05, 4.69) is 0 Å². The SMILES string of the molecule is CC(C(=O)N1CC2CC(C1)c1ccc([NH+]([O-])O)c(=O)n1C2)N1Cc2ccccc2C1=O. The van der Waals surface area contributed by atoms with Crippen LogP contribution in [0, 0.1) is 11.1 Å². The molecular formula is C22H24N4O5. The summed E-state index contributed by atoms with van der Waals surface area (Å²) in [4.78, 5) is 42.1. The second kappa shape index (κ2) is 7.30. The van der Waals surface area contributed by atoms with Crippen LogP contribution in [0.2, 0.25) is 0 Å². The van der Waals surface area contributed by atoms with Gasteiger partial charge in [0.05, 0.1) is 0 Å². The Morgan fingerprint density at radius 3 is 2.68 bits per heavy atom. The number of nitrogens with one attached hydrogen (secondary N) is 1. The molecule has 2 N–H and O–H groups in total. The lowest BCUT2D eigenvalue weighted by atomic mass is 9.83. The molecule has 9 nitrogen and oxygen atoms in total. The molecule has 1 fully saturated rings. The van der Waals surface area contributed by atoms with Crippen LogP contribution in [-0.4, -0.2) is 50.5 Å². The maximum Gasteiger partial charge on any atom is 0.315 e. The van der Waals surface area contributed by atoms with Crippen molar-refractivity contribution in [1.82, 2.24) is 14.4 Å². The molecule has 3 aliphatic heterocycles. The van der Waals surface area contributed by atoms with Crippen molar-refractivity contribution in [2.24, 2.45) is 5.92 Å². The first-order valence-corrected chi connectivity index (χ1v) is 10.5. The molecule has 2 amide bonds. The van der Waals surface area contributed by atoms with E-state index in [4.69, 9.17) is 0 Å². The first kappa shape index (κ1) is 19.9. The van der Waals surface area contributed by atoms with E-state index in [0.717, 1.165) is 17.7 Å². The molecule has 4 atom stereocenters. The van der Waals surface area contributed by atoms with Crippen LogP contribution >= 0.6 is 0 Å². The van der Waals surface area contributed by atoms with Crippen molar-refractivity contribution >= 4 is 17.5 Å². The molecule has 5 rings (SSSR count). The number of benzene rings is 1. The molecule has 0 aliphatic carbocycles. The topological polar surface area (TPSA) is 110 Å². The lowest BCUT2D eigenvalue weighted by Crippen LogP contribution is -3.00. The summed E-state index contributed by atoms with van der Waals surface area (Å²) in [6, 6.07) is 9.91. The first-order valence-electron chi connectivity index (χ1n) is 10.5. The Balaban J connectivity index is 1.36. The normalized spacial score (nSPS) is 23.9. The summed E-state index contributed by atoms with van der Waals surface area (Å²) in [6.45, 7) is 3.56. The number of piperidine rings is 1. The fraction of sp³-hybridized carbons (Fsp3) is 0.409. The van der Waals surface area contributed by atoms with Crippen molar-refractivity contribution in [3.63, 3.8) is 0 Å². The zero-order valence-electron chi connectivity index (χ0n) is 17.2. The zero-order chi connectivity index (χ0) is 21.9. The number of hydrogen-bond donors (Lipinski definition) is 2. The number of pyridine rings is 1. The van der Waals surface area contributed by atoms with Gasteiger partial charge in [-0.15, -0.1) is 0 Å². The molecule has 1 saturated heterocycles. The Hall–Kier alpha value is -3.01. The van der Waals surface area contributed by atoms with Gasteiger partial charge in [-0.2, -0.15) is 5.23 Å². The molecule has 3 aliphatic rings. The van der Waals surface area contributed by atoms with Gasteiger partial charge in [-0.05, 0) is 37.0 Å². The van der Waals surface area contributed by atoms with E-state index in [0.29, 0.717) is 31.7 Å². The van der Waals surface area contributed by atoms with E-state index in [9.17, 15) is 24.8 Å². The lowest BCUT2D eigenvalue weighted by Gasteiger charge is -2.44. The van der Waals surface area contributed by atoms with Gasteiger partial charge >= 0.3 is 5.56 Å². The highest BCUT2D eigenvalue weighted by Crippen LogP contribution is 2.36. The average molecular weight is 424 g/mol. The monoisotopic (exact) mass is 424 g/mol.